The Hall–Kier alpha value is -2.24. The average Bonchev–Trinajstić information content (AvgIpc) is 3.19. The molecule has 1 unspecified atom stereocenters. The third kappa shape index (κ3) is 2.81. The van der Waals surface area contributed by atoms with Gasteiger partial charge in [-0.1, -0.05) is 24.3 Å². The van der Waals surface area contributed by atoms with Crippen LogP contribution in [0.1, 0.15) is 22.5 Å². The van der Waals surface area contributed by atoms with Gasteiger partial charge < -0.3 is 10.2 Å². The zero-order valence-electron chi connectivity index (χ0n) is 14.5. The molecule has 5 heteroatoms. The van der Waals surface area contributed by atoms with E-state index in [1.165, 1.54) is 25.9 Å². The normalized spacial score (nSPS) is 24.7. The van der Waals surface area contributed by atoms with E-state index in [4.69, 9.17) is 0 Å². The van der Waals surface area contributed by atoms with E-state index in [9.17, 15) is 4.79 Å². The number of para-hydroxylation sites is 1. The predicted molar refractivity (Wildman–Crippen MR) is 105 cm³/mol. The van der Waals surface area contributed by atoms with Crippen LogP contribution in [-0.4, -0.2) is 41.5 Å². The summed E-state index contributed by atoms with van der Waals surface area (Å²) < 4.78 is 0. The van der Waals surface area contributed by atoms with Crippen molar-refractivity contribution >= 4 is 28.1 Å². The molecule has 0 saturated carbocycles. The van der Waals surface area contributed by atoms with Crippen molar-refractivity contribution in [2.45, 2.75) is 18.9 Å². The Balaban J connectivity index is 1.39. The van der Waals surface area contributed by atoms with Crippen LogP contribution >= 0.6 is 11.3 Å². The van der Waals surface area contributed by atoms with Gasteiger partial charge in [-0.2, -0.15) is 0 Å². The fourth-order valence-electron chi connectivity index (χ4n) is 4.28. The van der Waals surface area contributed by atoms with Crippen molar-refractivity contribution in [2.75, 3.05) is 19.6 Å². The van der Waals surface area contributed by atoms with Crippen molar-refractivity contribution in [3.63, 3.8) is 0 Å². The van der Waals surface area contributed by atoms with E-state index in [0.29, 0.717) is 12.0 Å². The second kappa shape index (κ2) is 6.49. The Labute approximate surface area is 156 Å². The Morgan fingerprint density at radius 3 is 2.77 bits per heavy atom. The lowest BCUT2D eigenvalue weighted by molar-refractivity contribution is 0.0622. The maximum absolute atomic E-state index is 12.8. The SMILES string of the molecule is O=C(NC1CN2CCC1CC2)c1ccc(-c2cccc3cccnc23)s1. The number of fused-ring (bicyclic) bond motifs is 4. The van der Waals surface area contributed by atoms with Crippen molar-refractivity contribution < 1.29 is 4.79 Å². The first-order valence-electron chi connectivity index (χ1n) is 9.25. The molecule has 3 fully saturated rings. The fraction of sp³-hybridized carbons (Fsp3) is 0.333. The predicted octanol–water partition coefficient (Wildman–Crippen LogP) is 3.79. The summed E-state index contributed by atoms with van der Waals surface area (Å²) in [6.45, 7) is 3.38. The molecule has 6 rings (SSSR count). The monoisotopic (exact) mass is 363 g/mol. The number of aromatic nitrogens is 1. The molecule has 1 atom stereocenters. The van der Waals surface area contributed by atoms with Gasteiger partial charge in [0.25, 0.3) is 5.91 Å². The number of amides is 1. The van der Waals surface area contributed by atoms with Gasteiger partial charge in [0.05, 0.1) is 10.4 Å². The maximum Gasteiger partial charge on any atom is 0.261 e. The van der Waals surface area contributed by atoms with E-state index in [-0.39, 0.29) is 5.91 Å². The van der Waals surface area contributed by atoms with Gasteiger partial charge in [-0.25, -0.2) is 0 Å². The van der Waals surface area contributed by atoms with E-state index >= 15 is 0 Å². The van der Waals surface area contributed by atoms with Crippen LogP contribution in [0.5, 0.6) is 0 Å². The highest BCUT2D eigenvalue weighted by Crippen LogP contribution is 2.33. The summed E-state index contributed by atoms with van der Waals surface area (Å²) >= 11 is 1.55. The Bertz CT molecular complexity index is 953. The third-order valence-electron chi connectivity index (χ3n) is 5.70. The minimum absolute atomic E-state index is 0.0631. The zero-order chi connectivity index (χ0) is 17.5. The molecule has 1 N–H and O–H groups in total. The van der Waals surface area contributed by atoms with Crippen LogP contribution in [-0.2, 0) is 0 Å². The first-order valence-corrected chi connectivity index (χ1v) is 10.1. The highest BCUT2D eigenvalue weighted by Gasteiger charge is 2.35. The molecule has 3 aliphatic rings. The van der Waals surface area contributed by atoms with Crippen molar-refractivity contribution in [1.29, 1.82) is 0 Å². The van der Waals surface area contributed by atoms with E-state index in [0.717, 1.165) is 32.8 Å². The second-order valence-electron chi connectivity index (χ2n) is 7.26. The summed E-state index contributed by atoms with van der Waals surface area (Å²) in [5, 5.41) is 4.40. The van der Waals surface area contributed by atoms with E-state index in [1.54, 1.807) is 11.3 Å². The van der Waals surface area contributed by atoms with Gasteiger partial charge in [-0.3, -0.25) is 9.78 Å². The quantitative estimate of drug-likeness (QED) is 0.770. The number of carbonyl (C=O) groups is 1. The van der Waals surface area contributed by atoms with E-state index in [2.05, 4.69) is 33.4 Å². The van der Waals surface area contributed by atoms with Crippen LogP contribution in [0.3, 0.4) is 0 Å². The first kappa shape index (κ1) is 16.0. The number of nitrogens with zero attached hydrogens (tertiary/aromatic N) is 2. The molecule has 3 aromatic rings. The van der Waals surface area contributed by atoms with Crippen LogP contribution in [0.15, 0.2) is 48.7 Å². The molecule has 4 nitrogen and oxygen atoms in total. The molecule has 1 amide bonds. The highest BCUT2D eigenvalue weighted by atomic mass is 32.1. The molecular weight excluding hydrogens is 342 g/mol. The van der Waals surface area contributed by atoms with Gasteiger partial charge in [0, 0.05) is 34.6 Å². The number of benzene rings is 1. The summed E-state index contributed by atoms with van der Waals surface area (Å²) in [5.74, 6) is 0.707. The average molecular weight is 363 g/mol. The van der Waals surface area contributed by atoms with Gasteiger partial charge >= 0.3 is 0 Å². The largest absolute Gasteiger partial charge is 0.347 e. The van der Waals surface area contributed by atoms with Crippen molar-refractivity contribution in [3.8, 4) is 10.4 Å². The van der Waals surface area contributed by atoms with Gasteiger partial charge in [0.2, 0.25) is 0 Å². The van der Waals surface area contributed by atoms with Crippen LogP contribution < -0.4 is 5.32 Å². The number of carbonyl (C=O) groups excluding carboxylic acids is 1. The van der Waals surface area contributed by atoms with Gasteiger partial charge in [0.15, 0.2) is 0 Å². The van der Waals surface area contributed by atoms with Gasteiger partial charge in [-0.05, 0) is 50.0 Å². The molecule has 0 spiro atoms. The Morgan fingerprint density at radius 1 is 1.12 bits per heavy atom. The lowest BCUT2D eigenvalue weighted by Gasteiger charge is -2.44. The number of piperidine rings is 3. The first-order chi connectivity index (χ1) is 12.8. The summed E-state index contributed by atoms with van der Waals surface area (Å²) in [4.78, 5) is 21.6. The summed E-state index contributed by atoms with van der Waals surface area (Å²) in [7, 11) is 0. The molecule has 5 heterocycles. The highest BCUT2D eigenvalue weighted by molar-refractivity contribution is 7.17. The van der Waals surface area contributed by atoms with Crippen molar-refractivity contribution in [2.24, 2.45) is 5.92 Å². The van der Waals surface area contributed by atoms with Crippen LogP contribution in [0, 0.1) is 5.92 Å². The lowest BCUT2D eigenvalue weighted by Crippen LogP contribution is -2.57. The molecule has 0 radical (unpaired) electrons. The van der Waals surface area contributed by atoms with Crippen molar-refractivity contribution in [3.05, 3.63) is 53.5 Å². The molecule has 3 saturated heterocycles. The number of thiophene rings is 1. The zero-order valence-corrected chi connectivity index (χ0v) is 15.3. The minimum Gasteiger partial charge on any atom is -0.347 e. The van der Waals surface area contributed by atoms with Crippen LogP contribution in [0.25, 0.3) is 21.3 Å². The smallest absolute Gasteiger partial charge is 0.261 e. The molecular formula is C21H21N3OS. The number of rotatable bonds is 3. The van der Waals surface area contributed by atoms with Crippen LogP contribution in [0.4, 0.5) is 0 Å². The topological polar surface area (TPSA) is 45.2 Å². The van der Waals surface area contributed by atoms with Crippen molar-refractivity contribution in [1.82, 2.24) is 15.2 Å². The minimum atomic E-state index is 0.0631. The van der Waals surface area contributed by atoms with Gasteiger partial charge in [0.1, 0.15) is 0 Å². The number of pyridine rings is 1. The fourth-order valence-corrected chi connectivity index (χ4v) is 5.21. The summed E-state index contributed by atoms with van der Waals surface area (Å²) in [6, 6.07) is 14.5. The molecule has 2 aromatic heterocycles. The molecule has 2 bridgehead atoms. The third-order valence-corrected chi connectivity index (χ3v) is 6.82. The Morgan fingerprint density at radius 2 is 1.96 bits per heavy atom. The summed E-state index contributed by atoms with van der Waals surface area (Å²) in [5.41, 5.74) is 2.08. The standard InChI is InChI=1S/C21H21N3OS/c25-21(23-17-13-24-11-8-14(17)9-12-24)19-7-6-18(26-19)16-5-1-3-15-4-2-10-22-20(15)16/h1-7,10,14,17H,8-9,11-13H2,(H,23,25). The molecule has 26 heavy (non-hydrogen) atoms. The lowest BCUT2D eigenvalue weighted by atomic mass is 9.84. The molecule has 3 aliphatic heterocycles. The van der Waals surface area contributed by atoms with E-state index in [1.807, 2.05) is 30.5 Å². The summed E-state index contributed by atoms with van der Waals surface area (Å²) in [6.07, 6.45) is 4.24. The number of nitrogens with one attached hydrogen (secondary N) is 1. The second-order valence-corrected chi connectivity index (χ2v) is 8.35. The Kier molecular flexibility index (Phi) is 3.98. The number of hydrogen-bond acceptors (Lipinski definition) is 4. The maximum atomic E-state index is 12.8. The molecule has 0 aliphatic carbocycles. The van der Waals surface area contributed by atoms with Gasteiger partial charge in [-0.15, -0.1) is 11.3 Å². The molecule has 132 valence electrons. The number of hydrogen-bond donors (Lipinski definition) is 1. The van der Waals surface area contributed by atoms with Crippen LogP contribution in [0.2, 0.25) is 0 Å². The molecule has 1 aromatic carbocycles. The van der Waals surface area contributed by atoms with E-state index < -0.39 is 0 Å².